The largest absolute Gasteiger partial charge is 0.451 e. The summed E-state index contributed by atoms with van der Waals surface area (Å²) >= 11 is 0. The van der Waals surface area contributed by atoms with Gasteiger partial charge in [0.2, 0.25) is 0 Å². The molecule has 0 saturated carbocycles. The van der Waals surface area contributed by atoms with Gasteiger partial charge in [0, 0.05) is 11.1 Å². The van der Waals surface area contributed by atoms with Crippen molar-refractivity contribution in [2.45, 2.75) is 0 Å². The summed E-state index contributed by atoms with van der Waals surface area (Å²) in [5.41, 5.74) is 2.18. The van der Waals surface area contributed by atoms with E-state index in [2.05, 4.69) is 15.5 Å². The van der Waals surface area contributed by atoms with Crippen LogP contribution < -0.4 is 5.32 Å². The van der Waals surface area contributed by atoms with Crippen LogP contribution in [0.4, 0.5) is 5.69 Å². The Balaban J connectivity index is 1.54. The highest BCUT2D eigenvalue weighted by Gasteiger charge is 2.12. The number of hydrogen-bond donors (Lipinski definition) is 1. The molecule has 1 N–H and O–H groups in total. The third-order valence-electron chi connectivity index (χ3n) is 3.42. The Kier molecular flexibility index (Phi) is 3.12. The minimum atomic E-state index is -0.286. The van der Waals surface area contributed by atoms with Crippen molar-refractivity contribution in [1.82, 2.24) is 15.0 Å². The number of carbonyl (C=O) groups is 1. The number of para-hydroxylation sites is 1. The van der Waals surface area contributed by atoms with Gasteiger partial charge >= 0.3 is 0 Å². The van der Waals surface area contributed by atoms with Crippen molar-refractivity contribution in [2.75, 3.05) is 5.32 Å². The molecule has 2 aromatic heterocycles. The van der Waals surface area contributed by atoms with Gasteiger partial charge in [0.15, 0.2) is 5.76 Å². The van der Waals surface area contributed by atoms with Crippen LogP contribution >= 0.6 is 0 Å². The van der Waals surface area contributed by atoms with Crippen LogP contribution in [0.15, 0.2) is 71.4 Å². The number of amides is 1. The number of benzene rings is 2. The van der Waals surface area contributed by atoms with E-state index in [1.807, 2.05) is 36.4 Å². The van der Waals surface area contributed by atoms with Crippen LogP contribution in [0.3, 0.4) is 0 Å². The van der Waals surface area contributed by atoms with Crippen molar-refractivity contribution in [1.29, 1.82) is 0 Å². The van der Waals surface area contributed by atoms with E-state index in [0.29, 0.717) is 11.3 Å². The standard InChI is InChI=1S/C17H12N4O2/c22-17(16-11-12-3-1-2-4-15(12)23-16)20-13-5-7-14(8-6-13)21-18-9-10-19-21/h1-11H,(H,20,22). The number of nitrogens with one attached hydrogen (secondary N) is 1. The normalized spacial score (nSPS) is 10.8. The van der Waals surface area contributed by atoms with Crippen LogP contribution in [-0.4, -0.2) is 20.9 Å². The number of carbonyl (C=O) groups excluding carboxylic acids is 1. The van der Waals surface area contributed by atoms with Gasteiger partial charge in [0.05, 0.1) is 18.1 Å². The fraction of sp³-hybridized carbons (Fsp3) is 0. The van der Waals surface area contributed by atoms with E-state index in [0.717, 1.165) is 11.1 Å². The van der Waals surface area contributed by atoms with Crippen molar-refractivity contribution in [3.8, 4) is 5.69 Å². The van der Waals surface area contributed by atoms with Gasteiger partial charge in [-0.05, 0) is 36.4 Å². The van der Waals surface area contributed by atoms with E-state index in [-0.39, 0.29) is 11.7 Å². The zero-order valence-electron chi connectivity index (χ0n) is 12.0. The number of hydrogen-bond acceptors (Lipinski definition) is 4. The first-order chi connectivity index (χ1) is 11.3. The quantitative estimate of drug-likeness (QED) is 0.630. The lowest BCUT2D eigenvalue weighted by atomic mass is 10.2. The Morgan fingerprint density at radius 1 is 1.00 bits per heavy atom. The molecule has 6 heteroatoms. The molecule has 0 radical (unpaired) electrons. The summed E-state index contributed by atoms with van der Waals surface area (Å²) in [4.78, 5) is 13.8. The van der Waals surface area contributed by atoms with Gasteiger partial charge in [-0.2, -0.15) is 15.0 Å². The molecule has 0 fully saturated rings. The average molecular weight is 304 g/mol. The topological polar surface area (TPSA) is 73.0 Å². The third kappa shape index (κ3) is 2.57. The van der Waals surface area contributed by atoms with E-state index in [1.54, 1.807) is 30.6 Å². The molecule has 6 nitrogen and oxygen atoms in total. The summed E-state index contributed by atoms with van der Waals surface area (Å²) in [6.07, 6.45) is 3.22. The second-order valence-corrected chi connectivity index (χ2v) is 4.97. The van der Waals surface area contributed by atoms with Crippen LogP contribution in [0.1, 0.15) is 10.6 Å². The van der Waals surface area contributed by atoms with Gasteiger partial charge in [-0.3, -0.25) is 4.79 Å². The van der Waals surface area contributed by atoms with E-state index >= 15 is 0 Å². The first-order valence-electron chi connectivity index (χ1n) is 7.06. The van der Waals surface area contributed by atoms with Gasteiger partial charge < -0.3 is 9.73 Å². The molecule has 0 unspecified atom stereocenters. The summed E-state index contributed by atoms with van der Waals surface area (Å²) in [5, 5.41) is 11.8. The highest BCUT2D eigenvalue weighted by Crippen LogP contribution is 2.20. The highest BCUT2D eigenvalue weighted by atomic mass is 16.3. The van der Waals surface area contributed by atoms with Gasteiger partial charge in [0.25, 0.3) is 5.91 Å². The number of nitrogens with zero attached hydrogens (tertiary/aromatic N) is 3. The minimum absolute atomic E-state index is 0.281. The zero-order valence-corrected chi connectivity index (χ0v) is 12.0. The molecule has 0 aliphatic rings. The first-order valence-corrected chi connectivity index (χ1v) is 7.06. The summed E-state index contributed by atoms with van der Waals surface area (Å²) < 4.78 is 5.55. The Bertz CT molecular complexity index is 923. The summed E-state index contributed by atoms with van der Waals surface area (Å²) in [5.74, 6) is -0.00446. The average Bonchev–Trinajstić information content (AvgIpc) is 3.25. The molecule has 1 amide bonds. The maximum absolute atomic E-state index is 12.3. The van der Waals surface area contributed by atoms with Gasteiger partial charge in [-0.25, -0.2) is 0 Å². The number of rotatable bonds is 3. The fourth-order valence-corrected chi connectivity index (χ4v) is 2.31. The van der Waals surface area contributed by atoms with Crippen LogP contribution in [0.5, 0.6) is 0 Å². The van der Waals surface area contributed by atoms with Crippen LogP contribution in [0, 0.1) is 0 Å². The smallest absolute Gasteiger partial charge is 0.291 e. The Hall–Kier alpha value is -3.41. The van der Waals surface area contributed by atoms with Crippen molar-refractivity contribution in [3.05, 3.63) is 72.8 Å². The molecule has 0 bridgehead atoms. The maximum atomic E-state index is 12.3. The number of fused-ring (bicyclic) bond motifs is 1. The number of furan rings is 1. The van der Waals surface area contributed by atoms with Crippen molar-refractivity contribution >= 4 is 22.6 Å². The molecule has 0 saturated heterocycles. The van der Waals surface area contributed by atoms with E-state index in [9.17, 15) is 4.79 Å². The lowest BCUT2D eigenvalue weighted by Gasteiger charge is -2.04. The van der Waals surface area contributed by atoms with Crippen LogP contribution in [-0.2, 0) is 0 Å². The monoisotopic (exact) mass is 304 g/mol. The van der Waals surface area contributed by atoms with Crippen molar-refractivity contribution in [2.24, 2.45) is 0 Å². The molecule has 0 aliphatic heterocycles. The Morgan fingerprint density at radius 2 is 1.74 bits per heavy atom. The molecule has 0 atom stereocenters. The molecule has 23 heavy (non-hydrogen) atoms. The molecule has 0 aliphatic carbocycles. The molecular weight excluding hydrogens is 292 g/mol. The van der Waals surface area contributed by atoms with Crippen molar-refractivity contribution in [3.63, 3.8) is 0 Å². The lowest BCUT2D eigenvalue weighted by molar-refractivity contribution is 0.0998. The Morgan fingerprint density at radius 3 is 2.48 bits per heavy atom. The maximum Gasteiger partial charge on any atom is 0.291 e. The van der Waals surface area contributed by atoms with E-state index in [1.165, 1.54) is 4.80 Å². The molecule has 112 valence electrons. The molecule has 2 aromatic carbocycles. The van der Waals surface area contributed by atoms with E-state index < -0.39 is 0 Å². The second-order valence-electron chi connectivity index (χ2n) is 4.97. The summed E-state index contributed by atoms with van der Waals surface area (Å²) in [6, 6.07) is 16.5. The minimum Gasteiger partial charge on any atom is -0.451 e. The predicted molar refractivity (Wildman–Crippen MR) is 85.5 cm³/mol. The lowest BCUT2D eigenvalue weighted by Crippen LogP contribution is -2.10. The van der Waals surface area contributed by atoms with Gasteiger partial charge in [-0.15, -0.1) is 0 Å². The number of anilines is 1. The van der Waals surface area contributed by atoms with Crippen molar-refractivity contribution < 1.29 is 9.21 Å². The predicted octanol–water partition coefficient (Wildman–Crippen LogP) is 3.27. The molecular formula is C17H12N4O2. The van der Waals surface area contributed by atoms with Crippen LogP contribution in [0.25, 0.3) is 16.7 Å². The highest BCUT2D eigenvalue weighted by molar-refractivity contribution is 6.04. The molecule has 2 heterocycles. The molecule has 4 rings (SSSR count). The van der Waals surface area contributed by atoms with Gasteiger partial charge in [-0.1, -0.05) is 18.2 Å². The third-order valence-corrected chi connectivity index (χ3v) is 3.42. The summed E-state index contributed by atoms with van der Waals surface area (Å²) in [7, 11) is 0. The fourth-order valence-electron chi connectivity index (χ4n) is 2.31. The summed E-state index contributed by atoms with van der Waals surface area (Å²) in [6.45, 7) is 0. The SMILES string of the molecule is O=C(Nc1ccc(-n2nccn2)cc1)c1cc2ccccc2o1. The van der Waals surface area contributed by atoms with E-state index in [4.69, 9.17) is 4.42 Å². The molecule has 0 spiro atoms. The zero-order chi connectivity index (χ0) is 15.6. The van der Waals surface area contributed by atoms with Crippen LogP contribution in [0.2, 0.25) is 0 Å². The first kappa shape index (κ1) is 13.3. The van der Waals surface area contributed by atoms with Gasteiger partial charge in [0.1, 0.15) is 5.58 Å². The number of aromatic nitrogens is 3. The second kappa shape index (κ2) is 5.42. The molecule has 4 aromatic rings. The Labute approximate surface area is 131 Å².